The Hall–Kier alpha value is -0.840. The lowest BCUT2D eigenvalue weighted by atomic mass is 10.2. The van der Waals surface area contributed by atoms with Crippen molar-refractivity contribution in [3.05, 3.63) is 36.5 Å². The molecule has 3 heteroatoms. The monoisotopic (exact) mass is 272 g/mol. The fourth-order valence-corrected chi connectivity index (χ4v) is 1.92. The van der Waals surface area contributed by atoms with E-state index in [0.29, 0.717) is 5.75 Å². The van der Waals surface area contributed by atoms with Crippen molar-refractivity contribution in [2.45, 2.75) is 0 Å². The van der Waals surface area contributed by atoms with E-state index in [2.05, 4.69) is 22.9 Å². The average molecular weight is 272 g/mol. The van der Waals surface area contributed by atoms with Crippen molar-refractivity contribution in [1.29, 1.82) is 0 Å². The minimum atomic E-state index is 0.322. The van der Waals surface area contributed by atoms with Crippen LogP contribution in [-0.2, 0) is 0 Å². The van der Waals surface area contributed by atoms with Crippen molar-refractivity contribution in [3.63, 3.8) is 0 Å². The third-order valence-corrected chi connectivity index (χ3v) is 2.56. The number of hydrogen-bond donors (Lipinski definition) is 1. The second-order valence-corrected chi connectivity index (χ2v) is 3.57. The van der Waals surface area contributed by atoms with Crippen molar-refractivity contribution in [1.82, 2.24) is 0 Å². The Morgan fingerprint density at radius 1 is 1.17 bits per heavy atom. The summed E-state index contributed by atoms with van der Waals surface area (Å²) in [5.74, 6) is 0.322. The van der Waals surface area contributed by atoms with E-state index >= 15 is 0 Å². The highest BCUT2D eigenvalue weighted by molar-refractivity contribution is 14.1. The number of halogens is 1. The summed E-state index contributed by atoms with van der Waals surface area (Å²) in [6.45, 7) is 0. The number of aromatic hydroxyl groups is 1. The lowest BCUT2D eigenvalue weighted by molar-refractivity contribution is -0.408. The van der Waals surface area contributed by atoms with E-state index in [-0.39, 0.29) is 0 Å². The molecule has 0 atom stereocenters. The molecule has 0 unspecified atom stereocenters. The molecule has 0 bridgehead atoms. The van der Waals surface area contributed by atoms with Crippen LogP contribution in [0, 0.1) is 0 Å². The zero-order chi connectivity index (χ0) is 8.55. The number of rotatable bonds is 0. The Labute approximate surface area is 84.0 Å². The molecule has 2 rings (SSSR count). The summed E-state index contributed by atoms with van der Waals surface area (Å²) in [4.78, 5) is 0. The molecule has 1 heterocycles. The number of pyridine rings is 1. The van der Waals surface area contributed by atoms with Gasteiger partial charge < -0.3 is 5.11 Å². The summed E-state index contributed by atoms with van der Waals surface area (Å²) in [5, 5.41) is 10.6. The van der Waals surface area contributed by atoms with Crippen LogP contribution in [0.4, 0.5) is 0 Å². The van der Waals surface area contributed by atoms with Gasteiger partial charge in [-0.1, -0.05) is 6.07 Å². The molecular weight excluding hydrogens is 265 g/mol. The van der Waals surface area contributed by atoms with Crippen molar-refractivity contribution < 1.29 is 7.89 Å². The van der Waals surface area contributed by atoms with Gasteiger partial charge >= 0.3 is 22.9 Å². The minimum Gasteiger partial charge on any atom is -0.502 e. The number of para-hydroxylation sites is 1. The van der Waals surface area contributed by atoms with Crippen LogP contribution in [0.25, 0.3) is 10.9 Å². The van der Waals surface area contributed by atoms with Gasteiger partial charge in [-0.25, -0.2) is 0 Å². The highest BCUT2D eigenvalue weighted by Crippen LogP contribution is 2.20. The summed E-state index contributed by atoms with van der Waals surface area (Å²) in [6.07, 6.45) is 1.91. The van der Waals surface area contributed by atoms with Crippen LogP contribution in [0.15, 0.2) is 36.5 Å². The summed E-state index contributed by atoms with van der Waals surface area (Å²) in [5.41, 5.74) is 0.862. The maximum Gasteiger partial charge on any atom is 0.354 e. The van der Waals surface area contributed by atoms with Crippen LogP contribution in [0.2, 0.25) is 0 Å². The first kappa shape index (κ1) is 7.79. The van der Waals surface area contributed by atoms with Crippen molar-refractivity contribution in [2.24, 2.45) is 0 Å². The standard InChI is InChI=1S/C9H6INO/c10-11-6-2-4-7-3-1-5-8(12)9(7)11/h1-6H/p+1. The fourth-order valence-electron chi connectivity index (χ4n) is 1.21. The number of fused-ring (bicyclic) bond motifs is 1. The largest absolute Gasteiger partial charge is 0.502 e. The SMILES string of the molecule is Oc1cccc2ccc[n+](I)c12. The van der Waals surface area contributed by atoms with Crippen LogP contribution >= 0.6 is 22.9 Å². The van der Waals surface area contributed by atoms with Gasteiger partial charge in [-0.2, -0.15) is 0 Å². The van der Waals surface area contributed by atoms with Gasteiger partial charge in [-0.15, -0.1) is 2.78 Å². The van der Waals surface area contributed by atoms with E-state index in [1.807, 2.05) is 33.2 Å². The van der Waals surface area contributed by atoms with Gasteiger partial charge in [0.15, 0.2) is 11.9 Å². The molecule has 0 fully saturated rings. The molecule has 0 saturated carbocycles. The molecule has 0 aliphatic carbocycles. The van der Waals surface area contributed by atoms with Crippen LogP contribution < -0.4 is 2.78 Å². The lowest BCUT2D eigenvalue weighted by Gasteiger charge is -1.95. The van der Waals surface area contributed by atoms with Gasteiger partial charge in [0.05, 0.1) is 5.39 Å². The zero-order valence-corrected chi connectivity index (χ0v) is 8.39. The van der Waals surface area contributed by atoms with E-state index < -0.39 is 0 Å². The summed E-state index contributed by atoms with van der Waals surface area (Å²) in [7, 11) is 0. The Kier molecular flexibility index (Phi) is 1.88. The molecule has 0 amide bonds. The molecule has 1 N–H and O–H groups in total. The van der Waals surface area contributed by atoms with E-state index in [4.69, 9.17) is 0 Å². The second-order valence-electron chi connectivity index (χ2n) is 2.53. The molecule has 60 valence electrons. The molecule has 2 nitrogen and oxygen atoms in total. The van der Waals surface area contributed by atoms with Gasteiger partial charge in [0.25, 0.3) is 5.52 Å². The van der Waals surface area contributed by atoms with Crippen molar-refractivity contribution in [2.75, 3.05) is 0 Å². The third kappa shape index (κ3) is 1.14. The zero-order valence-electron chi connectivity index (χ0n) is 6.24. The molecule has 0 spiro atoms. The Morgan fingerprint density at radius 3 is 2.67 bits per heavy atom. The minimum absolute atomic E-state index is 0.322. The van der Waals surface area contributed by atoms with Gasteiger partial charge in [0, 0.05) is 6.07 Å². The van der Waals surface area contributed by atoms with Gasteiger partial charge in [-0.3, -0.25) is 0 Å². The Bertz CT molecular complexity index is 391. The quantitative estimate of drug-likeness (QED) is 0.729. The van der Waals surface area contributed by atoms with Gasteiger partial charge in [-0.05, 0) is 18.2 Å². The molecule has 0 radical (unpaired) electrons. The molecule has 0 aliphatic heterocycles. The number of nitrogens with zero attached hydrogens (tertiary/aromatic N) is 1. The number of hydrogen-bond acceptors (Lipinski definition) is 1. The summed E-state index contributed by atoms with van der Waals surface area (Å²) < 4.78 is 1.88. The molecule has 2 aromatic rings. The molecule has 0 aliphatic rings. The summed E-state index contributed by atoms with van der Waals surface area (Å²) in [6, 6.07) is 9.44. The number of aromatic nitrogens is 1. The van der Waals surface area contributed by atoms with E-state index in [9.17, 15) is 5.11 Å². The van der Waals surface area contributed by atoms with Crippen LogP contribution in [-0.4, -0.2) is 5.11 Å². The number of benzene rings is 1. The molecule has 1 aromatic heterocycles. The summed E-state index contributed by atoms with van der Waals surface area (Å²) >= 11 is 2.14. The fraction of sp³-hybridized carbons (Fsp3) is 0. The average Bonchev–Trinajstić information content (AvgIpc) is 2.04. The van der Waals surface area contributed by atoms with E-state index in [1.165, 1.54) is 0 Å². The van der Waals surface area contributed by atoms with Crippen LogP contribution in [0.1, 0.15) is 0 Å². The number of phenols is 1. The highest BCUT2D eigenvalue weighted by Gasteiger charge is 2.09. The predicted octanol–water partition coefficient (Wildman–Crippen LogP) is 2.03. The normalized spacial score (nSPS) is 10.4. The maximum atomic E-state index is 9.53. The van der Waals surface area contributed by atoms with E-state index in [0.717, 1.165) is 10.9 Å². The molecule has 1 aromatic carbocycles. The van der Waals surface area contributed by atoms with E-state index in [1.54, 1.807) is 6.07 Å². The van der Waals surface area contributed by atoms with Crippen molar-refractivity contribution in [3.8, 4) is 5.75 Å². The van der Waals surface area contributed by atoms with Crippen LogP contribution in [0.3, 0.4) is 0 Å². The van der Waals surface area contributed by atoms with Crippen LogP contribution in [0.5, 0.6) is 5.75 Å². The number of phenolic OH excluding ortho intramolecular Hbond substituents is 1. The molecule has 0 saturated heterocycles. The predicted molar refractivity (Wildman–Crippen MR) is 55.2 cm³/mol. The topological polar surface area (TPSA) is 24.1 Å². The Balaban J connectivity index is 2.96. The first-order valence-electron chi connectivity index (χ1n) is 3.57. The smallest absolute Gasteiger partial charge is 0.354 e. The Morgan fingerprint density at radius 2 is 1.92 bits per heavy atom. The third-order valence-electron chi connectivity index (χ3n) is 1.75. The first-order valence-corrected chi connectivity index (χ1v) is 4.54. The highest BCUT2D eigenvalue weighted by atomic mass is 127. The lowest BCUT2D eigenvalue weighted by Crippen LogP contribution is -2.18. The van der Waals surface area contributed by atoms with Gasteiger partial charge in [0.2, 0.25) is 0 Å². The molecule has 12 heavy (non-hydrogen) atoms. The maximum absolute atomic E-state index is 9.53. The van der Waals surface area contributed by atoms with Crippen molar-refractivity contribution >= 4 is 33.8 Å². The first-order chi connectivity index (χ1) is 5.79. The second kappa shape index (κ2) is 2.90. The molecular formula is C9H7INO+. The van der Waals surface area contributed by atoms with Gasteiger partial charge in [0.1, 0.15) is 0 Å².